The standard InChI is InChI=1S/C17H15NO3/c1-10-14-6-5-13(19)9-16(14)21-17(20)15(10)8-11-3-2-4-12(18)7-11/h2-7,9,19H,8,18H2,1H3. The Morgan fingerprint density at radius 3 is 2.76 bits per heavy atom. The number of phenolic OH excluding ortho intramolecular Hbond substituents is 1. The summed E-state index contributed by atoms with van der Waals surface area (Å²) in [7, 11) is 0. The van der Waals surface area contributed by atoms with Crippen LogP contribution in [0.15, 0.2) is 51.7 Å². The molecule has 1 heterocycles. The third-order valence-electron chi connectivity index (χ3n) is 3.60. The van der Waals surface area contributed by atoms with Crippen LogP contribution in [0.3, 0.4) is 0 Å². The molecule has 0 bridgehead atoms. The van der Waals surface area contributed by atoms with Crippen molar-refractivity contribution >= 4 is 16.7 Å². The first-order chi connectivity index (χ1) is 10.0. The number of nitrogens with two attached hydrogens (primary N) is 1. The number of phenols is 1. The van der Waals surface area contributed by atoms with Gasteiger partial charge in [-0.2, -0.15) is 0 Å². The van der Waals surface area contributed by atoms with E-state index in [1.807, 2.05) is 31.2 Å². The quantitative estimate of drug-likeness (QED) is 0.559. The lowest BCUT2D eigenvalue weighted by Gasteiger charge is -2.08. The Kier molecular flexibility index (Phi) is 3.14. The molecule has 3 aromatic rings. The van der Waals surface area contributed by atoms with Gasteiger partial charge in [-0.3, -0.25) is 0 Å². The molecule has 0 unspecified atom stereocenters. The van der Waals surface area contributed by atoms with Crippen molar-refractivity contribution in [3.63, 3.8) is 0 Å². The van der Waals surface area contributed by atoms with Gasteiger partial charge in [-0.05, 0) is 42.3 Å². The third-order valence-corrected chi connectivity index (χ3v) is 3.60. The highest BCUT2D eigenvalue weighted by molar-refractivity contribution is 5.82. The monoisotopic (exact) mass is 281 g/mol. The van der Waals surface area contributed by atoms with E-state index in [-0.39, 0.29) is 11.4 Å². The Hall–Kier alpha value is -2.75. The van der Waals surface area contributed by atoms with Crippen LogP contribution in [0.5, 0.6) is 5.75 Å². The van der Waals surface area contributed by atoms with Crippen molar-refractivity contribution in [1.82, 2.24) is 0 Å². The smallest absolute Gasteiger partial charge is 0.340 e. The summed E-state index contributed by atoms with van der Waals surface area (Å²) in [5, 5.41) is 10.3. The fourth-order valence-electron chi connectivity index (χ4n) is 2.49. The third kappa shape index (κ3) is 2.48. The second kappa shape index (κ2) is 4.98. The summed E-state index contributed by atoms with van der Waals surface area (Å²) in [6, 6.07) is 12.2. The van der Waals surface area contributed by atoms with Crippen molar-refractivity contribution in [1.29, 1.82) is 0 Å². The summed E-state index contributed by atoms with van der Waals surface area (Å²) in [4.78, 5) is 12.2. The first-order valence-electron chi connectivity index (χ1n) is 6.64. The lowest BCUT2D eigenvalue weighted by Crippen LogP contribution is -2.11. The van der Waals surface area contributed by atoms with E-state index in [1.54, 1.807) is 12.1 Å². The molecular weight excluding hydrogens is 266 g/mol. The molecule has 0 aliphatic carbocycles. The van der Waals surface area contributed by atoms with E-state index in [2.05, 4.69) is 0 Å². The van der Waals surface area contributed by atoms with Crippen molar-refractivity contribution in [3.05, 3.63) is 69.6 Å². The van der Waals surface area contributed by atoms with E-state index in [1.165, 1.54) is 6.07 Å². The van der Waals surface area contributed by atoms with Crippen LogP contribution in [0.2, 0.25) is 0 Å². The minimum Gasteiger partial charge on any atom is -0.508 e. The second-order valence-electron chi connectivity index (χ2n) is 5.10. The average Bonchev–Trinajstić information content (AvgIpc) is 2.43. The van der Waals surface area contributed by atoms with E-state index in [9.17, 15) is 9.90 Å². The van der Waals surface area contributed by atoms with E-state index in [0.29, 0.717) is 23.3 Å². The maximum absolute atomic E-state index is 12.2. The van der Waals surface area contributed by atoms with Crippen LogP contribution >= 0.6 is 0 Å². The summed E-state index contributed by atoms with van der Waals surface area (Å²) in [6.07, 6.45) is 0.468. The van der Waals surface area contributed by atoms with Gasteiger partial charge in [0.05, 0.1) is 0 Å². The highest BCUT2D eigenvalue weighted by Crippen LogP contribution is 2.24. The Labute approximate surface area is 121 Å². The first kappa shape index (κ1) is 13.2. The number of fused-ring (bicyclic) bond motifs is 1. The highest BCUT2D eigenvalue weighted by atomic mass is 16.4. The van der Waals surface area contributed by atoms with Crippen LogP contribution in [0, 0.1) is 6.92 Å². The summed E-state index contributed by atoms with van der Waals surface area (Å²) < 4.78 is 5.31. The minimum absolute atomic E-state index is 0.0774. The van der Waals surface area contributed by atoms with E-state index in [0.717, 1.165) is 16.5 Å². The molecular formula is C17H15NO3. The summed E-state index contributed by atoms with van der Waals surface area (Å²) >= 11 is 0. The molecule has 0 spiro atoms. The van der Waals surface area contributed by atoms with Crippen molar-refractivity contribution < 1.29 is 9.52 Å². The molecule has 0 aliphatic rings. The predicted octanol–water partition coefficient (Wildman–Crippen LogP) is 2.98. The van der Waals surface area contributed by atoms with Gasteiger partial charge in [0.1, 0.15) is 11.3 Å². The number of anilines is 1. The zero-order valence-corrected chi connectivity index (χ0v) is 11.6. The SMILES string of the molecule is Cc1c(Cc2cccc(N)c2)c(=O)oc2cc(O)ccc12. The van der Waals surface area contributed by atoms with Crippen LogP contribution in [0.4, 0.5) is 5.69 Å². The molecule has 3 rings (SSSR count). The summed E-state index contributed by atoms with van der Waals surface area (Å²) in [5.41, 5.74) is 8.88. The molecule has 0 saturated heterocycles. The molecule has 106 valence electrons. The van der Waals surface area contributed by atoms with Gasteiger partial charge in [0.25, 0.3) is 0 Å². The molecule has 4 nitrogen and oxygen atoms in total. The van der Waals surface area contributed by atoms with Gasteiger partial charge in [0.15, 0.2) is 0 Å². The molecule has 0 aliphatic heterocycles. The molecule has 0 radical (unpaired) electrons. The van der Waals surface area contributed by atoms with Crippen molar-refractivity contribution in [2.45, 2.75) is 13.3 Å². The summed E-state index contributed by atoms with van der Waals surface area (Å²) in [5.74, 6) is 0.0774. The number of rotatable bonds is 2. The minimum atomic E-state index is -0.381. The number of aromatic hydroxyl groups is 1. The van der Waals surface area contributed by atoms with Crippen LogP contribution in [-0.2, 0) is 6.42 Å². The van der Waals surface area contributed by atoms with Crippen molar-refractivity contribution in [3.8, 4) is 5.75 Å². The number of hydrogen-bond acceptors (Lipinski definition) is 4. The number of aryl methyl sites for hydroxylation is 1. The molecule has 0 fully saturated rings. The fourth-order valence-corrected chi connectivity index (χ4v) is 2.49. The first-order valence-corrected chi connectivity index (χ1v) is 6.64. The lowest BCUT2D eigenvalue weighted by atomic mass is 9.99. The van der Waals surface area contributed by atoms with Gasteiger partial charge in [0, 0.05) is 29.1 Å². The van der Waals surface area contributed by atoms with Gasteiger partial charge in [-0.25, -0.2) is 4.79 Å². The predicted molar refractivity (Wildman–Crippen MR) is 82.5 cm³/mol. The molecule has 0 atom stereocenters. The van der Waals surface area contributed by atoms with Crippen molar-refractivity contribution in [2.75, 3.05) is 5.73 Å². The van der Waals surface area contributed by atoms with E-state index < -0.39 is 0 Å². The molecule has 2 aromatic carbocycles. The molecule has 0 amide bonds. The van der Waals surface area contributed by atoms with Crippen LogP contribution in [-0.4, -0.2) is 5.11 Å². The normalized spacial score (nSPS) is 10.9. The fraction of sp³-hybridized carbons (Fsp3) is 0.118. The Morgan fingerprint density at radius 1 is 1.19 bits per heavy atom. The van der Waals surface area contributed by atoms with Crippen LogP contribution < -0.4 is 11.4 Å². The summed E-state index contributed by atoms with van der Waals surface area (Å²) in [6.45, 7) is 1.89. The Morgan fingerprint density at radius 2 is 2.00 bits per heavy atom. The average molecular weight is 281 g/mol. The Balaban J connectivity index is 2.15. The molecule has 3 N–H and O–H groups in total. The molecule has 0 saturated carbocycles. The maximum Gasteiger partial charge on any atom is 0.340 e. The zero-order valence-electron chi connectivity index (χ0n) is 11.6. The molecule has 4 heteroatoms. The van der Waals surface area contributed by atoms with E-state index in [4.69, 9.17) is 10.2 Å². The molecule has 21 heavy (non-hydrogen) atoms. The van der Waals surface area contributed by atoms with Crippen molar-refractivity contribution in [2.24, 2.45) is 0 Å². The van der Waals surface area contributed by atoms with Gasteiger partial charge in [-0.1, -0.05) is 12.1 Å². The lowest BCUT2D eigenvalue weighted by molar-refractivity contribution is 0.472. The number of benzene rings is 2. The van der Waals surface area contributed by atoms with Crippen LogP contribution in [0.25, 0.3) is 11.0 Å². The van der Waals surface area contributed by atoms with Gasteiger partial charge in [0.2, 0.25) is 0 Å². The van der Waals surface area contributed by atoms with Gasteiger partial charge >= 0.3 is 5.63 Å². The van der Waals surface area contributed by atoms with Crippen LogP contribution in [0.1, 0.15) is 16.7 Å². The van der Waals surface area contributed by atoms with E-state index >= 15 is 0 Å². The van der Waals surface area contributed by atoms with Gasteiger partial charge < -0.3 is 15.3 Å². The number of hydrogen-bond donors (Lipinski definition) is 2. The zero-order chi connectivity index (χ0) is 15.0. The molecule has 1 aromatic heterocycles. The maximum atomic E-state index is 12.2. The number of nitrogen functional groups attached to an aromatic ring is 1. The second-order valence-corrected chi connectivity index (χ2v) is 5.10. The van der Waals surface area contributed by atoms with Gasteiger partial charge in [-0.15, -0.1) is 0 Å². The highest BCUT2D eigenvalue weighted by Gasteiger charge is 2.12. The largest absolute Gasteiger partial charge is 0.508 e. The Bertz CT molecular complexity index is 881. The topological polar surface area (TPSA) is 76.5 Å².